The molecule has 2 N–H and O–H groups in total. The van der Waals surface area contributed by atoms with Crippen LogP contribution >= 0.6 is 0 Å². The van der Waals surface area contributed by atoms with Gasteiger partial charge in [-0.25, -0.2) is 4.79 Å². The largest absolute Gasteiger partial charge is 0.350 e. The van der Waals surface area contributed by atoms with Gasteiger partial charge in [-0.2, -0.15) is 0 Å². The van der Waals surface area contributed by atoms with Gasteiger partial charge >= 0.3 is 6.03 Å². The highest BCUT2D eigenvalue weighted by molar-refractivity contribution is 6.09. The van der Waals surface area contributed by atoms with Crippen LogP contribution in [0.3, 0.4) is 0 Å². The lowest BCUT2D eigenvalue weighted by Gasteiger charge is -2.42. The molecule has 0 aromatic heterocycles. The Bertz CT molecular complexity index is 589. The number of carbonyl (C=O) groups is 3. The lowest BCUT2D eigenvalue weighted by molar-refractivity contribution is -0.136. The van der Waals surface area contributed by atoms with Crippen molar-refractivity contribution in [2.45, 2.75) is 97.6 Å². The Balaban J connectivity index is 2.00. The van der Waals surface area contributed by atoms with Gasteiger partial charge in [-0.3, -0.25) is 14.5 Å². The number of nitrogens with one attached hydrogen (secondary N) is 2. The minimum Gasteiger partial charge on any atom is -0.350 e. The zero-order valence-corrected chi connectivity index (χ0v) is 17.9. The van der Waals surface area contributed by atoms with Crippen LogP contribution in [0.2, 0.25) is 0 Å². The molecule has 1 aliphatic heterocycles. The lowest BCUT2D eigenvalue weighted by atomic mass is 9.65. The van der Waals surface area contributed by atoms with Gasteiger partial charge in [0, 0.05) is 5.54 Å². The lowest BCUT2D eigenvalue weighted by Crippen LogP contribution is -2.52. The summed E-state index contributed by atoms with van der Waals surface area (Å²) < 4.78 is 0. The molecule has 1 spiro atoms. The van der Waals surface area contributed by atoms with Crippen LogP contribution in [0, 0.1) is 11.3 Å². The van der Waals surface area contributed by atoms with Crippen LogP contribution in [0.15, 0.2) is 0 Å². The number of carbonyl (C=O) groups excluding carboxylic acids is 3. The Hall–Kier alpha value is -1.59. The van der Waals surface area contributed by atoms with Gasteiger partial charge in [0.25, 0.3) is 5.91 Å². The first-order valence-electron chi connectivity index (χ1n) is 10.4. The smallest absolute Gasteiger partial charge is 0.325 e. The summed E-state index contributed by atoms with van der Waals surface area (Å²) in [4.78, 5) is 38.9. The maximum Gasteiger partial charge on any atom is 0.325 e. The second kappa shape index (κ2) is 7.80. The predicted octanol–water partition coefficient (Wildman–Crippen LogP) is 3.60. The van der Waals surface area contributed by atoms with Crippen LogP contribution in [0.5, 0.6) is 0 Å². The summed E-state index contributed by atoms with van der Waals surface area (Å²) >= 11 is 0. The predicted molar refractivity (Wildman–Crippen MR) is 106 cm³/mol. The van der Waals surface area contributed by atoms with Crippen molar-refractivity contribution in [2.24, 2.45) is 11.3 Å². The molecule has 1 heterocycles. The van der Waals surface area contributed by atoms with E-state index in [0.29, 0.717) is 18.8 Å². The van der Waals surface area contributed by atoms with E-state index in [1.807, 2.05) is 13.8 Å². The molecule has 154 valence electrons. The van der Waals surface area contributed by atoms with Crippen LogP contribution < -0.4 is 10.6 Å². The number of hydrogen-bond acceptors (Lipinski definition) is 3. The van der Waals surface area contributed by atoms with Gasteiger partial charge in [-0.1, -0.05) is 40.5 Å². The molecule has 27 heavy (non-hydrogen) atoms. The molecule has 1 saturated heterocycles. The van der Waals surface area contributed by atoms with Crippen LogP contribution in [0.4, 0.5) is 4.79 Å². The minimum atomic E-state index is -0.809. The normalized spacial score (nSPS) is 26.4. The highest BCUT2D eigenvalue weighted by Crippen LogP contribution is 2.45. The molecular formula is C21H37N3O3. The van der Waals surface area contributed by atoms with Gasteiger partial charge in [0.2, 0.25) is 5.91 Å². The first-order valence-corrected chi connectivity index (χ1v) is 10.4. The van der Waals surface area contributed by atoms with Gasteiger partial charge in [0.15, 0.2) is 0 Å². The maximum absolute atomic E-state index is 13.0. The third-order valence-corrected chi connectivity index (χ3v) is 6.76. The molecule has 4 amide bonds. The summed E-state index contributed by atoms with van der Waals surface area (Å²) in [5, 5.41) is 5.85. The molecule has 2 rings (SSSR count). The van der Waals surface area contributed by atoms with E-state index in [0.717, 1.165) is 37.0 Å². The molecule has 1 aliphatic carbocycles. The molecular weight excluding hydrogens is 342 g/mol. The fourth-order valence-corrected chi connectivity index (χ4v) is 4.59. The van der Waals surface area contributed by atoms with E-state index in [4.69, 9.17) is 0 Å². The Morgan fingerprint density at radius 1 is 1.19 bits per heavy atom. The van der Waals surface area contributed by atoms with Crippen molar-refractivity contribution in [1.82, 2.24) is 15.5 Å². The molecule has 0 aromatic carbocycles. The minimum absolute atomic E-state index is 0.205. The quantitative estimate of drug-likeness (QED) is 0.664. The van der Waals surface area contributed by atoms with Crippen molar-refractivity contribution >= 4 is 17.8 Å². The average Bonchev–Trinajstić information content (AvgIpc) is 2.79. The zero-order valence-electron chi connectivity index (χ0n) is 17.9. The number of nitrogens with zero attached hydrogens (tertiary/aromatic N) is 1. The van der Waals surface area contributed by atoms with Crippen molar-refractivity contribution in [3.05, 3.63) is 0 Å². The van der Waals surface area contributed by atoms with Crippen molar-refractivity contribution in [3.63, 3.8) is 0 Å². The molecule has 0 unspecified atom stereocenters. The molecule has 0 radical (unpaired) electrons. The number of urea groups is 1. The van der Waals surface area contributed by atoms with Crippen molar-refractivity contribution in [1.29, 1.82) is 0 Å². The Morgan fingerprint density at radius 2 is 1.78 bits per heavy atom. The molecule has 2 aliphatic rings. The van der Waals surface area contributed by atoms with Gasteiger partial charge in [-0.05, 0) is 57.3 Å². The van der Waals surface area contributed by atoms with Crippen molar-refractivity contribution in [2.75, 3.05) is 6.54 Å². The number of hydrogen-bond donors (Lipinski definition) is 2. The highest BCUT2D eigenvalue weighted by Gasteiger charge is 2.53. The highest BCUT2D eigenvalue weighted by atomic mass is 16.2. The first kappa shape index (κ1) is 21.7. The number of amides is 4. The molecule has 0 atom stereocenters. The van der Waals surface area contributed by atoms with Gasteiger partial charge in [0.1, 0.15) is 12.1 Å². The SMILES string of the molecule is CCCC(C)(C)NC(=O)CN1C(=O)NC2(CCC(C(C)(C)CC)CC2)C1=O. The van der Waals surface area contributed by atoms with Crippen molar-refractivity contribution < 1.29 is 14.4 Å². The first-order chi connectivity index (χ1) is 12.5. The summed E-state index contributed by atoms with van der Waals surface area (Å²) in [6.07, 6.45) is 6.07. The topological polar surface area (TPSA) is 78.5 Å². The van der Waals surface area contributed by atoms with E-state index in [9.17, 15) is 14.4 Å². The van der Waals surface area contributed by atoms with E-state index >= 15 is 0 Å². The zero-order chi connectivity index (χ0) is 20.5. The third kappa shape index (κ3) is 4.64. The molecule has 6 nitrogen and oxygen atoms in total. The van der Waals surface area contributed by atoms with Crippen LogP contribution in [-0.4, -0.2) is 40.4 Å². The fourth-order valence-electron chi connectivity index (χ4n) is 4.59. The Morgan fingerprint density at radius 3 is 2.30 bits per heavy atom. The molecule has 1 saturated carbocycles. The van der Waals surface area contributed by atoms with Gasteiger partial charge < -0.3 is 10.6 Å². The Labute approximate surface area is 163 Å². The van der Waals surface area contributed by atoms with Crippen LogP contribution in [0.1, 0.15) is 86.5 Å². The second-order valence-corrected chi connectivity index (χ2v) is 9.70. The van der Waals surface area contributed by atoms with Gasteiger partial charge in [-0.15, -0.1) is 0 Å². The molecule has 0 bridgehead atoms. The van der Waals surface area contributed by atoms with E-state index in [2.05, 4.69) is 38.3 Å². The van der Waals surface area contributed by atoms with Crippen LogP contribution in [-0.2, 0) is 9.59 Å². The van der Waals surface area contributed by atoms with E-state index in [1.165, 1.54) is 0 Å². The van der Waals surface area contributed by atoms with Crippen LogP contribution in [0.25, 0.3) is 0 Å². The number of rotatable bonds is 7. The molecule has 2 fully saturated rings. The number of imide groups is 1. The standard InChI is InChI=1S/C21H37N3O3/c1-7-11-20(5,6)22-16(25)14-24-17(26)21(23-18(24)27)12-9-15(10-13-21)19(3,4)8-2/h15H,7-14H2,1-6H3,(H,22,25)(H,23,27). The maximum atomic E-state index is 13.0. The van der Waals surface area contributed by atoms with E-state index < -0.39 is 11.6 Å². The summed E-state index contributed by atoms with van der Waals surface area (Å²) in [6, 6.07) is -0.434. The summed E-state index contributed by atoms with van der Waals surface area (Å²) in [5.41, 5.74) is -0.902. The van der Waals surface area contributed by atoms with E-state index in [-0.39, 0.29) is 29.3 Å². The summed E-state index contributed by atoms with van der Waals surface area (Å²) in [5.74, 6) is 0.0449. The average molecular weight is 380 g/mol. The molecule has 0 aromatic rings. The van der Waals surface area contributed by atoms with Crippen molar-refractivity contribution in [3.8, 4) is 0 Å². The Kier molecular flexibility index (Phi) is 6.27. The summed E-state index contributed by atoms with van der Waals surface area (Å²) in [6.45, 7) is 12.5. The van der Waals surface area contributed by atoms with Gasteiger partial charge in [0.05, 0.1) is 0 Å². The van der Waals surface area contributed by atoms with E-state index in [1.54, 1.807) is 0 Å². The molecule has 6 heteroatoms. The summed E-state index contributed by atoms with van der Waals surface area (Å²) in [7, 11) is 0. The third-order valence-electron chi connectivity index (χ3n) is 6.76. The fraction of sp³-hybridized carbons (Fsp3) is 0.857. The monoisotopic (exact) mass is 379 g/mol. The second-order valence-electron chi connectivity index (χ2n) is 9.70.